The van der Waals surface area contributed by atoms with Crippen molar-refractivity contribution < 1.29 is 9.18 Å². The fourth-order valence-electron chi connectivity index (χ4n) is 2.76. The molecule has 1 aliphatic heterocycles. The maximum Gasteiger partial charge on any atom is 0.258 e. The molecule has 2 aromatic carbocycles. The van der Waals surface area contributed by atoms with Crippen LogP contribution in [0.4, 0.5) is 10.1 Å². The van der Waals surface area contributed by atoms with Crippen molar-refractivity contribution in [1.82, 2.24) is 15.3 Å². The number of nitrogens with one attached hydrogen (secondary N) is 3. The topological polar surface area (TPSA) is 69.8 Å². The second-order valence-corrected chi connectivity index (χ2v) is 5.29. The predicted molar refractivity (Wildman–Crippen MR) is 81.0 cm³/mol. The van der Waals surface area contributed by atoms with Crippen LogP contribution in [0.25, 0.3) is 11.0 Å². The lowest BCUT2D eigenvalue weighted by atomic mass is 10.1. The first-order valence-corrected chi connectivity index (χ1v) is 6.97. The van der Waals surface area contributed by atoms with Gasteiger partial charge in [-0.1, -0.05) is 6.07 Å². The van der Waals surface area contributed by atoms with E-state index in [1.165, 1.54) is 29.6 Å². The number of rotatable bonds is 2. The second-order valence-electron chi connectivity index (χ2n) is 5.29. The van der Waals surface area contributed by atoms with Crippen LogP contribution in [0, 0.1) is 5.82 Å². The highest BCUT2D eigenvalue weighted by molar-refractivity contribution is 6.11. The molecule has 2 heterocycles. The van der Waals surface area contributed by atoms with Gasteiger partial charge in [0.05, 0.1) is 17.4 Å². The Morgan fingerprint density at radius 1 is 1.18 bits per heavy atom. The summed E-state index contributed by atoms with van der Waals surface area (Å²) in [5, 5.41) is 6.06. The van der Waals surface area contributed by atoms with Gasteiger partial charge in [-0.25, -0.2) is 9.37 Å². The van der Waals surface area contributed by atoms with Gasteiger partial charge in [0.15, 0.2) is 0 Å². The number of carbonyl (C=O) groups is 1. The molecule has 0 saturated heterocycles. The van der Waals surface area contributed by atoms with Gasteiger partial charge in [-0.15, -0.1) is 0 Å². The van der Waals surface area contributed by atoms with Crippen LogP contribution < -0.4 is 10.6 Å². The molecule has 0 bridgehead atoms. The van der Waals surface area contributed by atoms with E-state index in [4.69, 9.17) is 0 Å². The number of aromatic nitrogens is 2. The standard InChI is InChI=1S/C16H13FN4O/c17-11-4-13(15-14(5-11)19-8-20-15)16(22)21-12-2-1-9-6-18-7-10(9)3-12/h1-5,8,18H,6-7H2,(H,19,20)(H,21,22). The molecule has 0 aliphatic carbocycles. The van der Waals surface area contributed by atoms with Gasteiger partial charge >= 0.3 is 0 Å². The van der Waals surface area contributed by atoms with E-state index in [0.29, 0.717) is 16.7 Å². The number of aromatic amines is 1. The van der Waals surface area contributed by atoms with E-state index in [2.05, 4.69) is 20.6 Å². The smallest absolute Gasteiger partial charge is 0.258 e. The van der Waals surface area contributed by atoms with Crippen molar-refractivity contribution in [3.05, 3.63) is 59.2 Å². The van der Waals surface area contributed by atoms with Crippen molar-refractivity contribution >= 4 is 22.6 Å². The van der Waals surface area contributed by atoms with Gasteiger partial charge < -0.3 is 15.6 Å². The Morgan fingerprint density at radius 2 is 2.05 bits per heavy atom. The van der Waals surface area contributed by atoms with Crippen LogP contribution in [-0.2, 0) is 13.1 Å². The van der Waals surface area contributed by atoms with Gasteiger partial charge in [0, 0.05) is 18.8 Å². The summed E-state index contributed by atoms with van der Waals surface area (Å²) in [5.41, 5.74) is 4.28. The number of halogens is 1. The summed E-state index contributed by atoms with van der Waals surface area (Å²) in [7, 11) is 0. The monoisotopic (exact) mass is 296 g/mol. The molecule has 5 nitrogen and oxygen atoms in total. The third-order valence-electron chi connectivity index (χ3n) is 3.83. The van der Waals surface area contributed by atoms with Crippen LogP contribution in [0.2, 0.25) is 0 Å². The van der Waals surface area contributed by atoms with Crippen LogP contribution in [0.5, 0.6) is 0 Å². The largest absolute Gasteiger partial charge is 0.344 e. The highest BCUT2D eigenvalue weighted by Gasteiger charge is 2.16. The number of H-pyrrole nitrogens is 1. The molecular formula is C16H13FN4O. The number of fused-ring (bicyclic) bond motifs is 2. The summed E-state index contributed by atoms with van der Waals surface area (Å²) >= 11 is 0. The van der Waals surface area contributed by atoms with Gasteiger partial charge in [-0.05, 0) is 35.4 Å². The zero-order chi connectivity index (χ0) is 15.1. The van der Waals surface area contributed by atoms with E-state index in [0.717, 1.165) is 13.1 Å². The summed E-state index contributed by atoms with van der Waals surface area (Å²) in [6.45, 7) is 1.64. The molecule has 6 heteroatoms. The number of hydrogen-bond acceptors (Lipinski definition) is 3. The van der Waals surface area contributed by atoms with Gasteiger partial charge in [-0.3, -0.25) is 4.79 Å². The molecule has 0 unspecified atom stereocenters. The van der Waals surface area contributed by atoms with Crippen molar-refractivity contribution in [2.75, 3.05) is 5.32 Å². The van der Waals surface area contributed by atoms with E-state index in [1.807, 2.05) is 18.2 Å². The summed E-state index contributed by atoms with van der Waals surface area (Å²) in [6, 6.07) is 8.30. The first-order chi connectivity index (χ1) is 10.7. The Bertz CT molecular complexity index is 887. The number of imidazole rings is 1. The first-order valence-electron chi connectivity index (χ1n) is 6.97. The van der Waals surface area contributed by atoms with Crippen LogP contribution >= 0.6 is 0 Å². The number of benzene rings is 2. The Morgan fingerprint density at radius 3 is 2.95 bits per heavy atom. The Labute approximate surface area is 125 Å². The van der Waals surface area contributed by atoms with Crippen molar-refractivity contribution in [3.8, 4) is 0 Å². The SMILES string of the molecule is O=C(Nc1ccc2c(c1)CNC2)c1cc(F)cc2[nH]cnc12. The van der Waals surface area contributed by atoms with Crippen LogP contribution in [0.15, 0.2) is 36.7 Å². The zero-order valence-corrected chi connectivity index (χ0v) is 11.6. The highest BCUT2D eigenvalue weighted by atomic mass is 19.1. The minimum Gasteiger partial charge on any atom is -0.344 e. The maximum atomic E-state index is 13.6. The molecule has 22 heavy (non-hydrogen) atoms. The lowest BCUT2D eigenvalue weighted by Gasteiger charge is -2.08. The summed E-state index contributed by atoms with van der Waals surface area (Å²) in [5.74, 6) is -0.845. The molecule has 0 spiro atoms. The predicted octanol–water partition coefficient (Wildman–Crippen LogP) is 2.56. The number of carbonyl (C=O) groups excluding carboxylic acids is 1. The lowest BCUT2D eigenvalue weighted by molar-refractivity contribution is 0.102. The fourth-order valence-corrected chi connectivity index (χ4v) is 2.76. The van der Waals surface area contributed by atoms with Gasteiger partial charge in [-0.2, -0.15) is 0 Å². The maximum absolute atomic E-state index is 13.6. The van der Waals surface area contributed by atoms with E-state index < -0.39 is 5.82 Å². The number of anilines is 1. The summed E-state index contributed by atoms with van der Waals surface area (Å²) in [6.07, 6.45) is 1.45. The minimum absolute atomic E-state index is 0.217. The lowest BCUT2D eigenvalue weighted by Crippen LogP contribution is -2.13. The molecule has 1 aromatic heterocycles. The number of nitrogens with zero attached hydrogens (tertiary/aromatic N) is 1. The van der Waals surface area contributed by atoms with Gasteiger partial charge in [0.1, 0.15) is 11.3 Å². The van der Waals surface area contributed by atoms with Crippen LogP contribution in [0.3, 0.4) is 0 Å². The summed E-state index contributed by atoms with van der Waals surface area (Å²) in [4.78, 5) is 19.3. The molecule has 3 N–H and O–H groups in total. The fraction of sp³-hybridized carbons (Fsp3) is 0.125. The Balaban J connectivity index is 1.68. The van der Waals surface area contributed by atoms with Crippen LogP contribution in [0.1, 0.15) is 21.5 Å². The van der Waals surface area contributed by atoms with E-state index in [1.54, 1.807) is 0 Å². The molecule has 4 rings (SSSR count). The van der Waals surface area contributed by atoms with Crippen molar-refractivity contribution in [2.45, 2.75) is 13.1 Å². The molecular weight excluding hydrogens is 283 g/mol. The average molecular weight is 296 g/mol. The van der Waals surface area contributed by atoms with Gasteiger partial charge in [0.25, 0.3) is 5.91 Å². The Hall–Kier alpha value is -2.73. The molecule has 0 fully saturated rings. The molecule has 1 amide bonds. The van der Waals surface area contributed by atoms with Crippen molar-refractivity contribution in [3.63, 3.8) is 0 Å². The zero-order valence-electron chi connectivity index (χ0n) is 11.6. The first kappa shape index (κ1) is 13.0. The highest BCUT2D eigenvalue weighted by Crippen LogP contribution is 2.22. The quantitative estimate of drug-likeness (QED) is 0.680. The normalized spacial score (nSPS) is 13.3. The third-order valence-corrected chi connectivity index (χ3v) is 3.83. The Kier molecular flexibility index (Phi) is 2.90. The van der Waals surface area contributed by atoms with Crippen molar-refractivity contribution in [1.29, 1.82) is 0 Å². The van der Waals surface area contributed by atoms with Crippen LogP contribution in [-0.4, -0.2) is 15.9 Å². The molecule has 0 atom stereocenters. The molecule has 1 aliphatic rings. The second kappa shape index (κ2) is 4.92. The third kappa shape index (κ3) is 2.14. The number of hydrogen-bond donors (Lipinski definition) is 3. The molecule has 0 saturated carbocycles. The van der Waals surface area contributed by atoms with Crippen molar-refractivity contribution in [2.24, 2.45) is 0 Å². The van der Waals surface area contributed by atoms with E-state index >= 15 is 0 Å². The molecule has 0 radical (unpaired) electrons. The average Bonchev–Trinajstić information content (AvgIpc) is 3.13. The van der Waals surface area contributed by atoms with Gasteiger partial charge in [0.2, 0.25) is 0 Å². The molecule has 3 aromatic rings. The molecule has 110 valence electrons. The van der Waals surface area contributed by atoms with E-state index in [-0.39, 0.29) is 11.5 Å². The summed E-state index contributed by atoms with van der Waals surface area (Å²) < 4.78 is 13.6. The minimum atomic E-state index is -0.472. The van der Waals surface area contributed by atoms with E-state index in [9.17, 15) is 9.18 Å². The number of amides is 1.